The van der Waals surface area contributed by atoms with Crippen molar-refractivity contribution in [2.24, 2.45) is 5.73 Å². The van der Waals surface area contributed by atoms with Crippen LogP contribution in [0.15, 0.2) is 41.0 Å². The van der Waals surface area contributed by atoms with E-state index >= 15 is 0 Å². The summed E-state index contributed by atoms with van der Waals surface area (Å²) in [4.78, 5) is 0. The molecule has 0 fully saturated rings. The summed E-state index contributed by atoms with van der Waals surface area (Å²) < 4.78 is 8.50. The zero-order valence-electron chi connectivity index (χ0n) is 9.34. The van der Waals surface area contributed by atoms with E-state index < -0.39 is 0 Å². The number of benzene rings is 1. The van der Waals surface area contributed by atoms with Crippen LogP contribution in [0.25, 0.3) is 0 Å². The average molecular weight is 296 g/mol. The average Bonchev–Trinajstić information content (AvgIpc) is 2.77. The van der Waals surface area contributed by atoms with E-state index in [9.17, 15) is 0 Å². The van der Waals surface area contributed by atoms with Crippen molar-refractivity contribution in [3.63, 3.8) is 0 Å². The molecule has 17 heavy (non-hydrogen) atoms. The van der Waals surface area contributed by atoms with Crippen LogP contribution in [-0.4, -0.2) is 16.4 Å². The van der Waals surface area contributed by atoms with Crippen molar-refractivity contribution in [2.45, 2.75) is 13.1 Å². The Balaban J connectivity index is 1.87. The van der Waals surface area contributed by atoms with Crippen LogP contribution in [0.1, 0.15) is 5.69 Å². The molecule has 0 saturated heterocycles. The molecule has 0 saturated carbocycles. The summed E-state index contributed by atoms with van der Waals surface area (Å²) in [6.45, 7) is 1.77. The lowest BCUT2D eigenvalue weighted by Gasteiger charge is -2.08. The lowest BCUT2D eigenvalue weighted by molar-refractivity contribution is 0.289. The number of halogens is 1. The van der Waals surface area contributed by atoms with Crippen LogP contribution in [-0.2, 0) is 13.1 Å². The van der Waals surface area contributed by atoms with Crippen LogP contribution in [0, 0.1) is 0 Å². The molecule has 5 heteroatoms. The fourth-order valence-corrected chi connectivity index (χ4v) is 1.92. The Hall–Kier alpha value is -1.33. The Kier molecular flexibility index (Phi) is 4.17. The van der Waals surface area contributed by atoms with E-state index in [1.54, 1.807) is 6.20 Å². The number of hydrogen-bond acceptors (Lipinski definition) is 3. The van der Waals surface area contributed by atoms with Gasteiger partial charge in [0.15, 0.2) is 0 Å². The zero-order chi connectivity index (χ0) is 12.1. The topological polar surface area (TPSA) is 53.1 Å². The molecule has 0 bridgehead atoms. The van der Waals surface area contributed by atoms with Crippen molar-refractivity contribution >= 4 is 15.9 Å². The van der Waals surface area contributed by atoms with Gasteiger partial charge in [0.2, 0.25) is 0 Å². The summed E-state index contributed by atoms with van der Waals surface area (Å²) in [5, 5.41) is 4.18. The maximum absolute atomic E-state index is 5.63. The molecule has 1 aromatic heterocycles. The Labute approximate surface area is 109 Å². The van der Waals surface area contributed by atoms with Gasteiger partial charge in [-0.25, -0.2) is 0 Å². The molecule has 0 amide bonds. The highest BCUT2D eigenvalue weighted by Gasteiger charge is 2.00. The van der Waals surface area contributed by atoms with Crippen molar-refractivity contribution in [1.82, 2.24) is 9.78 Å². The maximum atomic E-state index is 5.63. The van der Waals surface area contributed by atoms with E-state index in [1.165, 1.54) is 0 Å². The molecule has 0 atom stereocenters. The van der Waals surface area contributed by atoms with Crippen molar-refractivity contribution in [2.75, 3.05) is 6.61 Å². The third-order valence-electron chi connectivity index (χ3n) is 2.38. The van der Waals surface area contributed by atoms with Gasteiger partial charge in [-0.1, -0.05) is 22.0 Å². The van der Waals surface area contributed by atoms with E-state index in [0.29, 0.717) is 19.7 Å². The van der Waals surface area contributed by atoms with Gasteiger partial charge in [0.25, 0.3) is 0 Å². The Morgan fingerprint density at radius 3 is 3.00 bits per heavy atom. The summed E-state index contributed by atoms with van der Waals surface area (Å²) in [7, 11) is 0. The smallest absolute Gasteiger partial charge is 0.120 e. The molecule has 0 aliphatic carbocycles. The summed E-state index contributed by atoms with van der Waals surface area (Å²) in [6, 6.07) is 9.69. The summed E-state index contributed by atoms with van der Waals surface area (Å²) in [5.41, 5.74) is 6.61. The maximum Gasteiger partial charge on any atom is 0.120 e. The van der Waals surface area contributed by atoms with Crippen LogP contribution in [0.2, 0.25) is 0 Å². The van der Waals surface area contributed by atoms with Gasteiger partial charge in [-0.15, -0.1) is 0 Å². The largest absolute Gasteiger partial charge is 0.492 e. The number of hydrogen-bond donors (Lipinski definition) is 1. The lowest BCUT2D eigenvalue weighted by Crippen LogP contribution is -2.14. The summed E-state index contributed by atoms with van der Waals surface area (Å²) in [5.74, 6) is 0.848. The van der Waals surface area contributed by atoms with Gasteiger partial charge in [0, 0.05) is 17.2 Å². The number of nitrogens with zero attached hydrogens (tertiary/aromatic N) is 2. The zero-order valence-corrected chi connectivity index (χ0v) is 10.9. The number of ether oxygens (including phenoxy) is 1. The molecule has 0 aliphatic rings. The minimum atomic E-state index is 0.497. The monoisotopic (exact) mass is 295 g/mol. The summed E-state index contributed by atoms with van der Waals surface area (Å²) >= 11 is 3.40. The van der Waals surface area contributed by atoms with E-state index in [0.717, 1.165) is 15.9 Å². The van der Waals surface area contributed by atoms with Crippen LogP contribution in [0.5, 0.6) is 5.75 Å². The van der Waals surface area contributed by atoms with Crippen LogP contribution in [0.4, 0.5) is 0 Å². The first kappa shape index (κ1) is 12.1. The predicted molar refractivity (Wildman–Crippen MR) is 69.8 cm³/mol. The highest BCUT2D eigenvalue weighted by Crippen LogP contribution is 2.17. The van der Waals surface area contributed by atoms with E-state index in [-0.39, 0.29) is 0 Å². The third-order valence-corrected chi connectivity index (χ3v) is 2.87. The number of rotatable bonds is 5. The van der Waals surface area contributed by atoms with Gasteiger partial charge in [-0.05, 0) is 24.3 Å². The second-order valence-corrected chi connectivity index (χ2v) is 4.47. The van der Waals surface area contributed by atoms with E-state index in [4.69, 9.17) is 10.5 Å². The van der Waals surface area contributed by atoms with Crippen LogP contribution < -0.4 is 10.5 Å². The normalized spacial score (nSPS) is 10.5. The van der Waals surface area contributed by atoms with Gasteiger partial charge in [0.1, 0.15) is 12.4 Å². The molecule has 0 aliphatic heterocycles. The predicted octanol–water partition coefficient (Wildman–Crippen LogP) is 2.18. The first-order valence-corrected chi connectivity index (χ1v) is 6.18. The molecular formula is C12H14BrN3O. The minimum absolute atomic E-state index is 0.497. The Bertz CT molecular complexity index is 484. The second-order valence-electron chi connectivity index (χ2n) is 3.56. The van der Waals surface area contributed by atoms with Crippen molar-refractivity contribution in [3.05, 3.63) is 46.7 Å². The molecular weight excluding hydrogens is 282 g/mol. The first-order chi connectivity index (χ1) is 8.29. The first-order valence-electron chi connectivity index (χ1n) is 5.38. The van der Waals surface area contributed by atoms with Gasteiger partial charge >= 0.3 is 0 Å². The van der Waals surface area contributed by atoms with Crippen molar-refractivity contribution < 1.29 is 4.74 Å². The van der Waals surface area contributed by atoms with E-state index in [1.807, 2.05) is 35.0 Å². The quantitative estimate of drug-likeness (QED) is 0.920. The van der Waals surface area contributed by atoms with E-state index in [2.05, 4.69) is 21.0 Å². The molecule has 0 spiro atoms. The van der Waals surface area contributed by atoms with Gasteiger partial charge < -0.3 is 10.5 Å². The standard InChI is InChI=1S/C12H14BrN3O/c13-10-2-1-3-12(8-10)17-7-6-16-11(9-14)4-5-15-16/h1-5,8H,6-7,9,14H2. The van der Waals surface area contributed by atoms with Crippen molar-refractivity contribution in [1.29, 1.82) is 0 Å². The number of aromatic nitrogens is 2. The highest BCUT2D eigenvalue weighted by atomic mass is 79.9. The minimum Gasteiger partial charge on any atom is -0.492 e. The van der Waals surface area contributed by atoms with Gasteiger partial charge in [-0.2, -0.15) is 5.10 Å². The molecule has 1 aromatic carbocycles. The molecule has 2 rings (SSSR count). The molecule has 2 N–H and O–H groups in total. The molecule has 2 aromatic rings. The van der Waals surface area contributed by atoms with Gasteiger partial charge in [0.05, 0.1) is 12.2 Å². The summed E-state index contributed by atoms with van der Waals surface area (Å²) in [6.07, 6.45) is 1.75. The molecule has 0 radical (unpaired) electrons. The molecule has 90 valence electrons. The number of nitrogens with two attached hydrogens (primary N) is 1. The lowest BCUT2D eigenvalue weighted by atomic mass is 10.3. The molecule has 4 nitrogen and oxygen atoms in total. The fourth-order valence-electron chi connectivity index (χ4n) is 1.54. The SMILES string of the molecule is NCc1ccnn1CCOc1cccc(Br)c1. The van der Waals surface area contributed by atoms with Gasteiger partial charge in [-0.3, -0.25) is 4.68 Å². The van der Waals surface area contributed by atoms with Crippen LogP contribution in [0.3, 0.4) is 0 Å². The Morgan fingerprint density at radius 2 is 2.24 bits per heavy atom. The highest BCUT2D eigenvalue weighted by molar-refractivity contribution is 9.10. The second kappa shape index (κ2) is 5.84. The Morgan fingerprint density at radius 1 is 1.35 bits per heavy atom. The fraction of sp³-hybridized carbons (Fsp3) is 0.250. The molecule has 0 unspecified atom stereocenters. The van der Waals surface area contributed by atoms with Crippen LogP contribution >= 0.6 is 15.9 Å². The molecule has 1 heterocycles. The third kappa shape index (κ3) is 3.31. The van der Waals surface area contributed by atoms with Crippen molar-refractivity contribution in [3.8, 4) is 5.75 Å².